The van der Waals surface area contributed by atoms with Gasteiger partial charge in [0.1, 0.15) is 5.75 Å². The molecule has 0 aliphatic heterocycles. The lowest BCUT2D eigenvalue weighted by Gasteiger charge is -2.37. The van der Waals surface area contributed by atoms with Gasteiger partial charge in [-0.25, -0.2) is 0 Å². The normalized spacial score (nSPS) is 28.1. The van der Waals surface area contributed by atoms with E-state index in [1.165, 1.54) is 63.4 Å². The zero-order valence-corrected chi connectivity index (χ0v) is 17.4. The van der Waals surface area contributed by atoms with Crippen LogP contribution in [0.5, 0.6) is 5.75 Å². The monoisotopic (exact) mass is 408 g/mol. The number of halogens is 3. The lowest BCUT2D eigenvalue weighted by atomic mass is 9.68. The molecule has 2 saturated carbocycles. The Morgan fingerprint density at radius 1 is 0.897 bits per heavy atom. The number of allylic oxidation sites excluding steroid dienone is 2. The first-order chi connectivity index (χ1) is 14.1. The summed E-state index contributed by atoms with van der Waals surface area (Å²) >= 11 is 0. The molecule has 29 heavy (non-hydrogen) atoms. The molecule has 0 N–H and O–H groups in total. The minimum atomic E-state index is -2.76. The van der Waals surface area contributed by atoms with Crippen molar-refractivity contribution in [2.45, 2.75) is 77.2 Å². The molecular formula is C25H35F3O. The van der Waals surface area contributed by atoms with E-state index in [-0.39, 0.29) is 12.4 Å². The summed E-state index contributed by atoms with van der Waals surface area (Å²) < 4.78 is 41.1. The van der Waals surface area contributed by atoms with Crippen molar-refractivity contribution in [1.29, 1.82) is 0 Å². The van der Waals surface area contributed by atoms with Crippen molar-refractivity contribution in [1.82, 2.24) is 0 Å². The second-order valence-electron chi connectivity index (χ2n) is 8.92. The van der Waals surface area contributed by atoms with Crippen molar-refractivity contribution in [2.75, 3.05) is 6.67 Å². The van der Waals surface area contributed by atoms with Gasteiger partial charge in [-0.2, -0.15) is 8.78 Å². The van der Waals surface area contributed by atoms with Gasteiger partial charge < -0.3 is 4.74 Å². The number of ether oxygens (including phenoxy) is 1. The Morgan fingerprint density at radius 3 is 2.10 bits per heavy atom. The standard InChI is InChI=1S/C25H35F3O/c26-18-2-1-3-19-6-12-22(13-7-19)23-14-8-20(9-15-23)4-5-21-10-16-24(17-11-21)29-25(27)28/h1,3,10-11,16-17,19-20,22-23,25H,2,4-9,12-15,18H2. The first kappa shape index (κ1) is 22.2. The van der Waals surface area contributed by atoms with E-state index in [4.69, 9.17) is 0 Å². The molecule has 0 atom stereocenters. The van der Waals surface area contributed by atoms with Crippen LogP contribution in [0.2, 0.25) is 0 Å². The molecule has 0 saturated heterocycles. The molecular weight excluding hydrogens is 373 g/mol. The second kappa shape index (κ2) is 11.7. The van der Waals surface area contributed by atoms with Crippen LogP contribution in [0.1, 0.15) is 69.8 Å². The molecule has 4 heteroatoms. The van der Waals surface area contributed by atoms with Gasteiger partial charge in [-0.3, -0.25) is 4.39 Å². The fourth-order valence-corrected chi connectivity index (χ4v) is 5.32. The van der Waals surface area contributed by atoms with Crippen LogP contribution < -0.4 is 4.74 Å². The minimum Gasteiger partial charge on any atom is -0.435 e. The van der Waals surface area contributed by atoms with Gasteiger partial charge in [0.05, 0.1) is 6.67 Å². The first-order valence-corrected chi connectivity index (χ1v) is 11.4. The third kappa shape index (κ3) is 7.38. The van der Waals surface area contributed by atoms with Gasteiger partial charge in [0, 0.05) is 0 Å². The molecule has 1 aromatic rings. The van der Waals surface area contributed by atoms with Gasteiger partial charge in [-0.15, -0.1) is 0 Å². The smallest absolute Gasteiger partial charge is 0.387 e. The number of benzene rings is 1. The van der Waals surface area contributed by atoms with Crippen molar-refractivity contribution in [3.05, 3.63) is 42.0 Å². The molecule has 0 radical (unpaired) electrons. The second-order valence-corrected chi connectivity index (χ2v) is 8.92. The fraction of sp³-hybridized carbons (Fsp3) is 0.680. The van der Waals surface area contributed by atoms with E-state index in [0.717, 1.165) is 24.2 Å². The fourth-order valence-electron chi connectivity index (χ4n) is 5.32. The van der Waals surface area contributed by atoms with Crippen LogP contribution in [0.3, 0.4) is 0 Å². The maximum atomic E-state index is 12.2. The molecule has 162 valence electrons. The van der Waals surface area contributed by atoms with Crippen LogP contribution in [0, 0.1) is 23.7 Å². The summed E-state index contributed by atoms with van der Waals surface area (Å²) in [7, 11) is 0. The molecule has 0 amide bonds. The quantitative estimate of drug-likeness (QED) is 0.380. The van der Waals surface area contributed by atoms with E-state index in [9.17, 15) is 13.2 Å². The van der Waals surface area contributed by atoms with Gasteiger partial charge >= 0.3 is 6.61 Å². The van der Waals surface area contributed by atoms with Crippen LogP contribution in [0.25, 0.3) is 0 Å². The van der Waals surface area contributed by atoms with Gasteiger partial charge in [0.15, 0.2) is 0 Å². The summed E-state index contributed by atoms with van der Waals surface area (Å²) in [6.45, 7) is -3.00. The van der Waals surface area contributed by atoms with E-state index in [2.05, 4.69) is 10.8 Å². The predicted octanol–water partition coefficient (Wildman–Crippen LogP) is 7.75. The lowest BCUT2D eigenvalue weighted by Crippen LogP contribution is -2.25. The Labute approximate surface area is 173 Å². The lowest BCUT2D eigenvalue weighted by molar-refractivity contribution is -0.0498. The Kier molecular flexibility index (Phi) is 8.94. The molecule has 0 unspecified atom stereocenters. The van der Waals surface area contributed by atoms with Gasteiger partial charge in [-0.05, 0) is 99.2 Å². The number of hydrogen-bond donors (Lipinski definition) is 0. The van der Waals surface area contributed by atoms with Crippen LogP contribution in [0.4, 0.5) is 13.2 Å². The molecule has 2 aliphatic carbocycles. The Bertz CT molecular complexity index is 597. The third-order valence-electron chi connectivity index (χ3n) is 7.05. The first-order valence-electron chi connectivity index (χ1n) is 11.4. The summed E-state index contributed by atoms with van der Waals surface area (Å²) in [6, 6.07) is 7.09. The third-order valence-corrected chi connectivity index (χ3v) is 7.05. The summed E-state index contributed by atoms with van der Waals surface area (Å²) in [6.07, 6.45) is 17.6. The molecule has 2 aliphatic rings. The van der Waals surface area contributed by atoms with Crippen LogP contribution in [-0.2, 0) is 6.42 Å². The molecule has 0 bridgehead atoms. The van der Waals surface area contributed by atoms with E-state index in [1.54, 1.807) is 12.1 Å². The summed E-state index contributed by atoms with van der Waals surface area (Å²) in [5.74, 6) is 3.49. The number of rotatable bonds is 9. The Balaban J connectivity index is 1.33. The highest BCUT2D eigenvalue weighted by Crippen LogP contribution is 2.42. The largest absolute Gasteiger partial charge is 0.435 e. The molecule has 0 aromatic heterocycles. The van der Waals surface area contributed by atoms with Gasteiger partial charge in [-0.1, -0.05) is 37.1 Å². The van der Waals surface area contributed by atoms with Gasteiger partial charge in [0.2, 0.25) is 0 Å². The average molecular weight is 409 g/mol. The Hall–Kier alpha value is -1.45. The van der Waals surface area contributed by atoms with E-state index >= 15 is 0 Å². The summed E-state index contributed by atoms with van der Waals surface area (Å²) in [5.41, 5.74) is 1.20. The average Bonchev–Trinajstić information content (AvgIpc) is 2.74. The zero-order chi connectivity index (χ0) is 20.5. The molecule has 1 aromatic carbocycles. The number of hydrogen-bond acceptors (Lipinski definition) is 1. The highest BCUT2D eigenvalue weighted by atomic mass is 19.3. The number of alkyl halides is 3. The predicted molar refractivity (Wildman–Crippen MR) is 112 cm³/mol. The van der Waals surface area contributed by atoms with Crippen molar-refractivity contribution in [3.8, 4) is 5.75 Å². The maximum Gasteiger partial charge on any atom is 0.387 e. The highest BCUT2D eigenvalue weighted by Gasteiger charge is 2.30. The van der Waals surface area contributed by atoms with Crippen molar-refractivity contribution < 1.29 is 17.9 Å². The zero-order valence-electron chi connectivity index (χ0n) is 17.4. The summed E-state index contributed by atoms with van der Waals surface area (Å²) in [4.78, 5) is 0. The van der Waals surface area contributed by atoms with Crippen LogP contribution in [-0.4, -0.2) is 13.3 Å². The molecule has 0 spiro atoms. The number of aryl methyl sites for hydroxylation is 1. The van der Waals surface area contributed by atoms with Crippen LogP contribution >= 0.6 is 0 Å². The van der Waals surface area contributed by atoms with Crippen molar-refractivity contribution in [3.63, 3.8) is 0 Å². The highest BCUT2D eigenvalue weighted by molar-refractivity contribution is 5.27. The van der Waals surface area contributed by atoms with Crippen molar-refractivity contribution in [2.24, 2.45) is 23.7 Å². The molecule has 3 rings (SSSR count). The maximum absolute atomic E-state index is 12.2. The minimum absolute atomic E-state index is 0.233. The summed E-state index contributed by atoms with van der Waals surface area (Å²) in [5, 5.41) is 0. The molecule has 0 heterocycles. The van der Waals surface area contributed by atoms with E-state index in [0.29, 0.717) is 12.3 Å². The molecule has 1 nitrogen and oxygen atoms in total. The van der Waals surface area contributed by atoms with Gasteiger partial charge in [0.25, 0.3) is 0 Å². The van der Waals surface area contributed by atoms with E-state index < -0.39 is 6.61 Å². The Morgan fingerprint density at radius 2 is 1.52 bits per heavy atom. The topological polar surface area (TPSA) is 9.23 Å². The van der Waals surface area contributed by atoms with Crippen LogP contribution in [0.15, 0.2) is 36.4 Å². The molecule has 2 fully saturated rings. The SMILES string of the molecule is FCCC=CC1CCC(C2CCC(CCc3ccc(OC(F)F)cc3)CC2)CC1. The van der Waals surface area contributed by atoms with Crippen molar-refractivity contribution >= 4 is 0 Å². The van der Waals surface area contributed by atoms with E-state index in [1.807, 2.05) is 18.2 Å².